The van der Waals surface area contributed by atoms with E-state index >= 15 is 0 Å². The fourth-order valence-corrected chi connectivity index (χ4v) is 3.19. The molecule has 0 spiro atoms. The molecule has 1 aromatic carbocycles. The van der Waals surface area contributed by atoms with Gasteiger partial charge in [0.1, 0.15) is 0 Å². The molecule has 0 radical (unpaired) electrons. The Kier molecular flexibility index (Phi) is 6.48. The van der Waals surface area contributed by atoms with Gasteiger partial charge in [-0.15, -0.1) is 0 Å². The molecule has 0 aliphatic heterocycles. The van der Waals surface area contributed by atoms with Gasteiger partial charge in [-0.1, -0.05) is 35.8 Å². The second kappa shape index (κ2) is 8.14. The second-order valence-corrected chi connectivity index (χ2v) is 7.26. The first kappa shape index (κ1) is 17.5. The molecule has 1 heterocycles. The van der Waals surface area contributed by atoms with Gasteiger partial charge in [0.05, 0.1) is 0 Å². The van der Waals surface area contributed by atoms with E-state index in [-0.39, 0.29) is 12.5 Å². The lowest BCUT2D eigenvalue weighted by Gasteiger charge is -2.10. The molecule has 0 aliphatic rings. The van der Waals surface area contributed by atoms with Crippen molar-refractivity contribution in [3.05, 3.63) is 34.4 Å². The quantitative estimate of drug-likeness (QED) is 0.756. The molecule has 0 saturated carbocycles. The number of hydrogen-bond donors (Lipinski definition) is 1. The Morgan fingerprint density at radius 1 is 1.27 bits per heavy atom. The molecule has 0 fully saturated rings. The van der Waals surface area contributed by atoms with Crippen molar-refractivity contribution in [2.24, 2.45) is 11.8 Å². The van der Waals surface area contributed by atoms with Crippen molar-refractivity contribution < 1.29 is 9.84 Å². The van der Waals surface area contributed by atoms with E-state index in [1.54, 1.807) is 7.11 Å². The number of hydrogen-bond acceptors (Lipinski definition) is 2. The highest BCUT2D eigenvalue weighted by Crippen LogP contribution is 2.28. The fourth-order valence-electron chi connectivity index (χ4n) is 2.84. The van der Waals surface area contributed by atoms with Crippen LogP contribution >= 0.6 is 15.9 Å². The topological polar surface area (TPSA) is 34.4 Å². The predicted octanol–water partition coefficient (Wildman–Crippen LogP) is 4.25. The number of aliphatic hydroxyl groups excluding tert-OH is 1. The number of fused-ring (bicyclic) bond motifs is 1. The van der Waals surface area contributed by atoms with Crippen molar-refractivity contribution in [1.82, 2.24) is 4.57 Å². The molecule has 2 atom stereocenters. The van der Waals surface area contributed by atoms with Crippen molar-refractivity contribution in [3.8, 4) is 0 Å². The maximum absolute atomic E-state index is 9.34. The first-order chi connectivity index (χ1) is 10.5. The van der Waals surface area contributed by atoms with Gasteiger partial charge in [0.2, 0.25) is 0 Å². The van der Waals surface area contributed by atoms with Crippen LogP contribution in [0.3, 0.4) is 0 Å². The lowest BCUT2D eigenvalue weighted by Crippen LogP contribution is -2.10. The molecule has 0 bridgehead atoms. The molecule has 22 heavy (non-hydrogen) atoms. The van der Waals surface area contributed by atoms with Crippen molar-refractivity contribution in [1.29, 1.82) is 0 Å². The molecule has 0 saturated heterocycles. The summed E-state index contributed by atoms with van der Waals surface area (Å²) in [5, 5.41) is 10.7. The summed E-state index contributed by atoms with van der Waals surface area (Å²) in [6, 6.07) is 6.46. The Bertz CT molecular complexity index is 608. The van der Waals surface area contributed by atoms with E-state index in [0.29, 0.717) is 5.92 Å². The van der Waals surface area contributed by atoms with E-state index in [2.05, 4.69) is 58.7 Å². The summed E-state index contributed by atoms with van der Waals surface area (Å²) in [6.45, 7) is 6.22. The lowest BCUT2D eigenvalue weighted by molar-refractivity contribution is 0.180. The van der Waals surface area contributed by atoms with Gasteiger partial charge in [0.15, 0.2) is 0 Å². The Morgan fingerprint density at radius 3 is 2.73 bits per heavy atom. The highest BCUT2D eigenvalue weighted by Gasteiger charge is 2.13. The smallest absolute Gasteiger partial charge is 0.0494 e. The van der Waals surface area contributed by atoms with E-state index in [0.717, 1.165) is 30.5 Å². The highest BCUT2D eigenvalue weighted by atomic mass is 79.9. The highest BCUT2D eigenvalue weighted by molar-refractivity contribution is 9.10. The third kappa shape index (κ3) is 4.34. The maximum atomic E-state index is 9.34. The summed E-state index contributed by atoms with van der Waals surface area (Å²) in [5.41, 5.74) is 2.62. The van der Waals surface area contributed by atoms with Crippen molar-refractivity contribution in [2.45, 2.75) is 33.2 Å². The average molecular weight is 368 g/mol. The zero-order valence-corrected chi connectivity index (χ0v) is 15.3. The van der Waals surface area contributed by atoms with E-state index < -0.39 is 0 Å². The van der Waals surface area contributed by atoms with Crippen LogP contribution in [0.25, 0.3) is 10.9 Å². The normalized spacial score (nSPS) is 14.4. The molecule has 0 aliphatic carbocycles. The molecular formula is C18H26BrNO2. The maximum Gasteiger partial charge on any atom is 0.0494 e. The third-order valence-electron chi connectivity index (χ3n) is 4.13. The number of halogens is 1. The Morgan fingerprint density at radius 2 is 2.05 bits per heavy atom. The van der Waals surface area contributed by atoms with Crippen LogP contribution in [0, 0.1) is 11.8 Å². The molecule has 2 rings (SSSR count). The minimum atomic E-state index is 0.216. The number of methoxy groups -OCH3 is 1. The average Bonchev–Trinajstić information content (AvgIpc) is 2.82. The lowest BCUT2D eigenvalue weighted by atomic mass is 9.98. The molecule has 2 aromatic rings. The van der Waals surface area contributed by atoms with Gasteiger partial charge >= 0.3 is 0 Å². The SMILES string of the molecule is COCCC(C)Cc1cn(C[C@H](C)CO)c2cc(Br)ccc12. The standard InChI is InChI=1S/C18H26BrNO2/c1-13(6-7-22-3)8-15-11-20(10-14(2)12-21)18-9-16(19)4-5-17(15)18/h4-5,9,11,13-14,21H,6-8,10,12H2,1-3H3/t13?,14-/m0/s1. The van der Waals surface area contributed by atoms with Gasteiger partial charge < -0.3 is 14.4 Å². The first-order valence-electron chi connectivity index (χ1n) is 7.92. The third-order valence-corrected chi connectivity index (χ3v) is 4.62. The molecule has 3 nitrogen and oxygen atoms in total. The zero-order valence-electron chi connectivity index (χ0n) is 13.7. The molecule has 1 aromatic heterocycles. The van der Waals surface area contributed by atoms with Gasteiger partial charge in [-0.05, 0) is 42.4 Å². The number of rotatable bonds is 8. The van der Waals surface area contributed by atoms with Gasteiger partial charge in [0, 0.05) is 48.4 Å². The van der Waals surface area contributed by atoms with Crippen LogP contribution < -0.4 is 0 Å². The summed E-state index contributed by atoms with van der Waals surface area (Å²) in [4.78, 5) is 0. The summed E-state index contributed by atoms with van der Waals surface area (Å²) in [5.74, 6) is 0.853. The van der Waals surface area contributed by atoms with Crippen LogP contribution in [-0.4, -0.2) is 30.0 Å². The van der Waals surface area contributed by atoms with E-state index in [1.807, 2.05) is 0 Å². The van der Waals surface area contributed by atoms with Crippen LogP contribution in [0.4, 0.5) is 0 Å². The van der Waals surface area contributed by atoms with Gasteiger partial charge in [-0.3, -0.25) is 0 Å². The van der Waals surface area contributed by atoms with Crippen molar-refractivity contribution in [2.75, 3.05) is 20.3 Å². The second-order valence-electron chi connectivity index (χ2n) is 6.35. The summed E-state index contributed by atoms with van der Waals surface area (Å²) < 4.78 is 8.56. The van der Waals surface area contributed by atoms with Gasteiger partial charge in [0.25, 0.3) is 0 Å². The largest absolute Gasteiger partial charge is 0.396 e. The Labute approximate surface area is 141 Å². The first-order valence-corrected chi connectivity index (χ1v) is 8.71. The van der Waals surface area contributed by atoms with Gasteiger partial charge in [-0.2, -0.15) is 0 Å². The minimum Gasteiger partial charge on any atom is -0.396 e. The monoisotopic (exact) mass is 367 g/mol. The number of nitrogens with zero attached hydrogens (tertiary/aromatic N) is 1. The molecule has 0 amide bonds. The van der Waals surface area contributed by atoms with Crippen molar-refractivity contribution >= 4 is 26.8 Å². The fraction of sp³-hybridized carbons (Fsp3) is 0.556. The molecule has 122 valence electrons. The molecule has 1 N–H and O–H groups in total. The minimum absolute atomic E-state index is 0.216. The van der Waals surface area contributed by atoms with E-state index in [4.69, 9.17) is 4.74 Å². The molecular weight excluding hydrogens is 342 g/mol. The Hall–Kier alpha value is -0.840. The summed E-state index contributed by atoms with van der Waals surface area (Å²) in [6.07, 6.45) is 4.39. The molecule has 1 unspecified atom stereocenters. The summed E-state index contributed by atoms with van der Waals surface area (Å²) >= 11 is 3.56. The summed E-state index contributed by atoms with van der Waals surface area (Å²) in [7, 11) is 1.76. The number of aliphatic hydroxyl groups is 1. The number of benzene rings is 1. The number of ether oxygens (including phenoxy) is 1. The van der Waals surface area contributed by atoms with Crippen LogP contribution in [0.1, 0.15) is 25.8 Å². The zero-order chi connectivity index (χ0) is 16.1. The predicted molar refractivity (Wildman–Crippen MR) is 95.2 cm³/mol. The van der Waals surface area contributed by atoms with Crippen LogP contribution in [-0.2, 0) is 17.7 Å². The van der Waals surface area contributed by atoms with Gasteiger partial charge in [-0.25, -0.2) is 0 Å². The van der Waals surface area contributed by atoms with E-state index in [9.17, 15) is 5.11 Å². The molecule has 4 heteroatoms. The van der Waals surface area contributed by atoms with Crippen LogP contribution in [0.2, 0.25) is 0 Å². The van der Waals surface area contributed by atoms with E-state index in [1.165, 1.54) is 16.5 Å². The Balaban J connectivity index is 2.29. The van der Waals surface area contributed by atoms with Crippen LogP contribution in [0.5, 0.6) is 0 Å². The van der Waals surface area contributed by atoms with Crippen molar-refractivity contribution in [3.63, 3.8) is 0 Å². The van der Waals surface area contributed by atoms with Crippen LogP contribution in [0.15, 0.2) is 28.9 Å². The number of aromatic nitrogens is 1.